The van der Waals surface area contributed by atoms with Crippen LogP contribution in [0, 0.1) is 16.7 Å². The van der Waals surface area contributed by atoms with E-state index in [-0.39, 0.29) is 16.9 Å². The lowest BCUT2D eigenvalue weighted by molar-refractivity contribution is 0.148. The van der Waals surface area contributed by atoms with E-state index in [1.165, 1.54) is 0 Å². The predicted molar refractivity (Wildman–Crippen MR) is 88.5 cm³/mol. The quantitative estimate of drug-likeness (QED) is 0.736. The molecule has 0 aliphatic carbocycles. The van der Waals surface area contributed by atoms with Gasteiger partial charge in [0.2, 0.25) is 0 Å². The lowest BCUT2D eigenvalue weighted by Gasteiger charge is -2.39. The van der Waals surface area contributed by atoms with Crippen molar-refractivity contribution in [3.05, 3.63) is 23.8 Å². The summed E-state index contributed by atoms with van der Waals surface area (Å²) in [6, 6.07) is -0.118. The molecule has 118 valence electrons. The van der Waals surface area contributed by atoms with Gasteiger partial charge in [0.1, 0.15) is 0 Å². The SMILES string of the molecule is COCC(C=CC(C(C)(C)C)C(C)(C)C)=CC(N)CN. The second-order valence-electron chi connectivity index (χ2n) is 7.64. The molecule has 4 N–H and O–H groups in total. The third-order valence-electron chi connectivity index (χ3n) is 3.38. The van der Waals surface area contributed by atoms with E-state index < -0.39 is 0 Å². The van der Waals surface area contributed by atoms with Crippen LogP contribution in [0.5, 0.6) is 0 Å². The lowest BCUT2D eigenvalue weighted by atomic mass is 9.66. The Morgan fingerprint density at radius 3 is 1.95 bits per heavy atom. The van der Waals surface area contributed by atoms with Gasteiger partial charge in [0, 0.05) is 19.7 Å². The van der Waals surface area contributed by atoms with Crippen molar-refractivity contribution in [2.45, 2.75) is 47.6 Å². The lowest BCUT2D eigenvalue weighted by Crippen LogP contribution is -2.31. The normalized spacial score (nSPS) is 16.2. The molecule has 0 aromatic rings. The summed E-state index contributed by atoms with van der Waals surface area (Å²) >= 11 is 0. The molecule has 3 heteroatoms. The fourth-order valence-electron chi connectivity index (χ4n) is 2.76. The fraction of sp³-hybridized carbons (Fsp3) is 0.765. The van der Waals surface area contributed by atoms with Crippen molar-refractivity contribution in [2.24, 2.45) is 28.2 Å². The van der Waals surface area contributed by atoms with E-state index in [1.54, 1.807) is 7.11 Å². The summed E-state index contributed by atoms with van der Waals surface area (Å²) in [7, 11) is 1.70. The third kappa shape index (κ3) is 7.22. The molecule has 20 heavy (non-hydrogen) atoms. The minimum atomic E-state index is -0.118. The first-order valence-electron chi connectivity index (χ1n) is 7.36. The van der Waals surface area contributed by atoms with E-state index in [0.717, 1.165) is 5.57 Å². The molecule has 3 nitrogen and oxygen atoms in total. The first kappa shape index (κ1) is 19.4. The van der Waals surface area contributed by atoms with E-state index in [4.69, 9.17) is 16.2 Å². The topological polar surface area (TPSA) is 61.3 Å². The van der Waals surface area contributed by atoms with Gasteiger partial charge in [-0.25, -0.2) is 0 Å². The largest absolute Gasteiger partial charge is 0.380 e. The molecule has 0 aromatic carbocycles. The van der Waals surface area contributed by atoms with Crippen molar-refractivity contribution in [3.63, 3.8) is 0 Å². The maximum absolute atomic E-state index is 5.89. The first-order valence-corrected chi connectivity index (χ1v) is 7.36. The summed E-state index contributed by atoms with van der Waals surface area (Å²) in [5.74, 6) is 0.462. The Kier molecular flexibility index (Phi) is 7.71. The summed E-state index contributed by atoms with van der Waals surface area (Å²) in [4.78, 5) is 0. The van der Waals surface area contributed by atoms with Crippen LogP contribution >= 0.6 is 0 Å². The molecular weight excluding hydrogens is 248 g/mol. The molecule has 0 rings (SSSR count). The van der Waals surface area contributed by atoms with Crippen LogP contribution in [0.15, 0.2) is 23.8 Å². The van der Waals surface area contributed by atoms with E-state index in [9.17, 15) is 0 Å². The van der Waals surface area contributed by atoms with Gasteiger partial charge in [0.05, 0.1) is 6.61 Å². The molecule has 0 fully saturated rings. The zero-order valence-corrected chi connectivity index (χ0v) is 14.4. The van der Waals surface area contributed by atoms with Crippen LogP contribution in [-0.2, 0) is 4.74 Å². The number of allylic oxidation sites excluding steroid dienone is 1. The second kappa shape index (κ2) is 7.96. The molecule has 0 saturated heterocycles. The summed E-state index contributed by atoms with van der Waals surface area (Å²) in [5, 5.41) is 0. The highest BCUT2D eigenvalue weighted by molar-refractivity contribution is 5.23. The van der Waals surface area contributed by atoms with Gasteiger partial charge >= 0.3 is 0 Å². The summed E-state index contributed by atoms with van der Waals surface area (Å²) in [6.07, 6.45) is 6.41. The zero-order valence-electron chi connectivity index (χ0n) is 14.4. The third-order valence-corrected chi connectivity index (χ3v) is 3.38. The summed E-state index contributed by atoms with van der Waals surface area (Å²) < 4.78 is 5.24. The van der Waals surface area contributed by atoms with Gasteiger partial charge in [0.25, 0.3) is 0 Å². The van der Waals surface area contributed by atoms with Crippen molar-refractivity contribution in [1.29, 1.82) is 0 Å². The Balaban J connectivity index is 5.21. The molecular formula is C17H34N2O. The van der Waals surface area contributed by atoms with E-state index in [1.807, 2.05) is 6.08 Å². The van der Waals surface area contributed by atoms with Crippen molar-refractivity contribution >= 4 is 0 Å². The highest BCUT2D eigenvalue weighted by atomic mass is 16.5. The minimum absolute atomic E-state index is 0.118. The van der Waals surface area contributed by atoms with Crippen LogP contribution in [0.25, 0.3) is 0 Å². The Hall–Kier alpha value is -0.640. The van der Waals surface area contributed by atoms with Crippen LogP contribution in [0.1, 0.15) is 41.5 Å². The van der Waals surface area contributed by atoms with Gasteiger partial charge in [0.15, 0.2) is 0 Å². The van der Waals surface area contributed by atoms with Gasteiger partial charge in [-0.05, 0) is 22.3 Å². The zero-order chi connectivity index (χ0) is 16.0. The number of hydrogen-bond acceptors (Lipinski definition) is 3. The monoisotopic (exact) mass is 282 g/mol. The van der Waals surface area contributed by atoms with Crippen molar-refractivity contribution in [3.8, 4) is 0 Å². The highest BCUT2D eigenvalue weighted by Crippen LogP contribution is 2.40. The minimum Gasteiger partial charge on any atom is -0.380 e. The van der Waals surface area contributed by atoms with Crippen molar-refractivity contribution in [2.75, 3.05) is 20.3 Å². The van der Waals surface area contributed by atoms with E-state index in [0.29, 0.717) is 19.1 Å². The molecule has 0 aromatic heterocycles. The first-order chi connectivity index (χ1) is 9.02. The molecule has 1 atom stereocenters. The molecule has 0 radical (unpaired) electrons. The second-order valence-corrected chi connectivity index (χ2v) is 7.64. The van der Waals surface area contributed by atoms with Crippen LogP contribution in [-0.4, -0.2) is 26.3 Å². The van der Waals surface area contributed by atoms with Gasteiger partial charge in [-0.3, -0.25) is 0 Å². The molecule has 0 spiro atoms. The molecule has 1 unspecified atom stereocenters. The number of nitrogens with two attached hydrogens (primary N) is 2. The highest BCUT2D eigenvalue weighted by Gasteiger charge is 2.32. The maximum atomic E-state index is 5.89. The molecule has 0 heterocycles. The molecule has 0 amide bonds. The van der Waals surface area contributed by atoms with E-state index >= 15 is 0 Å². The van der Waals surface area contributed by atoms with Gasteiger partial charge in [-0.2, -0.15) is 0 Å². The number of hydrogen-bond donors (Lipinski definition) is 2. The Morgan fingerprint density at radius 2 is 1.60 bits per heavy atom. The molecule has 0 saturated carbocycles. The summed E-state index contributed by atoms with van der Waals surface area (Å²) in [6.45, 7) is 14.7. The average molecular weight is 282 g/mol. The molecule has 0 bridgehead atoms. The molecule has 0 aliphatic heterocycles. The van der Waals surface area contributed by atoms with Crippen LogP contribution in [0.4, 0.5) is 0 Å². The van der Waals surface area contributed by atoms with Gasteiger partial charge in [-0.15, -0.1) is 0 Å². The number of ether oxygens (including phenoxy) is 1. The predicted octanol–water partition coefficient (Wildman–Crippen LogP) is 3.11. The summed E-state index contributed by atoms with van der Waals surface area (Å²) in [5.41, 5.74) is 13.0. The van der Waals surface area contributed by atoms with Crippen LogP contribution < -0.4 is 11.5 Å². The van der Waals surface area contributed by atoms with E-state index in [2.05, 4.69) is 53.7 Å². The standard InChI is InChI=1S/C17H34N2O/c1-16(2,3)15(17(4,5)6)9-8-13(12-20-7)10-14(19)11-18/h8-10,14-15H,11-12,18-19H2,1-7H3. The number of rotatable bonds is 6. The maximum Gasteiger partial charge on any atom is 0.0710 e. The van der Waals surface area contributed by atoms with Crippen LogP contribution in [0.2, 0.25) is 0 Å². The average Bonchev–Trinajstić information content (AvgIpc) is 2.25. The van der Waals surface area contributed by atoms with Gasteiger partial charge < -0.3 is 16.2 Å². The fourth-order valence-corrected chi connectivity index (χ4v) is 2.76. The number of methoxy groups -OCH3 is 1. The smallest absolute Gasteiger partial charge is 0.0710 e. The van der Waals surface area contributed by atoms with Crippen LogP contribution in [0.3, 0.4) is 0 Å². The molecule has 0 aliphatic rings. The van der Waals surface area contributed by atoms with Gasteiger partial charge in [-0.1, -0.05) is 59.8 Å². The Labute approximate surface area is 125 Å². The Morgan fingerprint density at radius 1 is 1.10 bits per heavy atom. The Bertz CT molecular complexity index is 318. The van der Waals surface area contributed by atoms with Crippen molar-refractivity contribution in [1.82, 2.24) is 0 Å². The van der Waals surface area contributed by atoms with Crippen molar-refractivity contribution < 1.29 is 4.74 Å².